The van der Waals surface area contributed by atoms with E-state index in [4.69, 9.17) is 9.11 Å². The maximum atomic E-state index is 11.1. The van der Waals surface area contributed by atoms with E-state index in [9.17, 15) is 4.21 Å². The Morgan fingerprint density at radius 3 is 1.90 bits per heavy atom. The lowest BCUT2D eigenvalue weighted by Crippen LogP contribution is -2.40. The Morgan fingerprint density at radius 2 is 1.70 bits per heavy atom. The van der Waals surface area contributed by atoms with Crippen LogP contribution in [-0.2, 0) is 9.63 Å². The first-order valence-electron chi connectivity index (χ1n) is 3.49. The summed E-state index contributed by atoms with van der Waals surface area (Å²) in [6.07, 6.45) is 4.36. The summed E-state index contributed by atoms with van der Waals surface area (Å²) in [7, 11) is -4.20. The van der Waals surface area contributed by atoms with Crippen LogP contribution in [0.5, 0.6) is 0 Å². The highest BCUT2D eigenvalue weighted by molar-refractivity contribution is 8.10. The molecule has 0 aromatic heterocycles. The topological polar surface area (TPSA) is 57.5 Å². The lowest BCUT2D eigenvalue weighted by atomic mass is 10.4. The highest BCUT2D eigenvalue weighted by Crippen LogP contribution is 2.33. The minimum absolute atomic E-state index is 0.378. The first-order valence-corrected chi connectivity index (χ1v) is 5.84. The largest absolute Gasteiger partial charge is 0.308 e. The van der Waals surface area contributed by atoms with Gasteiger partial charge in [-0.25, -0.2) is 4.21 Å². The van der Waals surface area contributed by atoms with Gasteiger partial charge in [-0.3, -0.25) is 0 Å². The van der Waals surface area contributed by atoms with E-state index in [1.807, 2.05) is 0 Å². The predicted molar refractivity (Wildman–Crippen MR) is 41.6 cm³/mol. The van der Waals surface area contributed by atoms with Gasteiger partial charge in [-0.1, -0.05) is 12.8 Å². The first kappa shape index (κ1) is 8.17. The second-order valence-electron chi connectivity index (χ2n) is 3.21. The predicted octanol–water partition coefficient (Wildman–Crippen LogP) is 1.32. The quantitative estimate of drug-likeness (QED) is 0.617. The molecule has 10 heavy (non-hydrogen) atoms. The molecule has 0 unspecified atom stereocenters. The summed E-state index contributed by atoms with van der Waals surface area (Å²) in [5.41, 5.74) is 0. The molecule has 0 bridgehead atoms. The van der Waals surface area contributed by atoms with Crippen LogP contribution < -0.4 is 0 Å². The molecule has 0 aliphatic heterocycles. The second-order valence-corrected chi connectivity index (χ2v) is 6.49. The number of rotatable bonds is 1. The lowest BCUT2D eigenvalue weighted by Gasteiger charge is -2.31. The van der Waals surface area contributed by atoms with Gasteiger partial charge in [-0.15, -0.1) is 0 Å². The molecule has 0 aromatic carbocycles. The van der Waals surface area contributed by atoms with Crippen LogP contribution in [0.25, 0.3) is 0 Å². The summed E-state index contributed by atoms with van der Waals surface area (Å²) in [6.45, 7) is 0. The van der Waals surface area contributed by atoms with Crippen LogP contribution in [0, 0.1) is 0 Å². The van der Waals surface area contributed by atoms with Crippen LogP contribution in [0.1, 0.15) is 25.7 Å². The fraction of sp³-hybridized carbons (Fsp3) is 1.00. The molecule has 0 heterocycles. The van der Waals surface area contributed by atoms with Crippen molar-refractivity contribution in [2.24, 2.45) is 0 Å². The minimum atomic E-state index is -4.20. The van der Waals surface area contributed by atoms with Gasteiger partial charge >= 0.3 is 0 Å². The SMILES string of the molecule is CS(=O)(O)(O)C1CCCC1. The first-order chi connectivity index (χ1) is 4.36. The summed E-state index contributed by atoms with van der Waals surface area (Å²) in [5.74, 6) is 0. The Hall–Kier alpha value is 0.0700. The normalized spacial score (nSPS) is 26.1. The molecule has 3 nitrogen and oxygen atoms in total. The van der Waals surface area contributed by atoms with Crippen LogP contribution in [0.3, 0.4) is 0 Å². The van der Waals surface area contributed by atoms with Crippen LogP contribution in [0.2, 0.25) is 0 Å². The van der Waals surface area contributed by atoms with Gasteiger partial charge in [0, 0.05) is 6.26 Å². The fourth-order valence-electron chi connectivity index (χ4n) is 1.43. The molecule has 0 spiro atoms. The van der Waals surface area contributed by atoms with Gasteiger partial charge < -0.3 is 9.11 Å². The van der Waals surface area contributed by atoms with Crippen molar-refractivity contribution in [3.8, 4) is 0 Å². The molecule has 62 valence electrons. The van der Waals surface area contributed by atoms with Crippen molar-refractivity contribution in [2.75, 3.05) is 6.26 Å². The molecule has 4 heteroatoms. The standard InChI is InChI=1S/C6H14O3S/c1-10(7,8,9)6-4-2-3-5-6/h6H,2-5H2,1H3,(H2,7,8,9). The zero-order chi connectivity index (χ0) is 7.85. The van der Waals surface area contributed by atoms with Crippen LogP contribution in [0.4, 0.5) is 0 Å². The zero-order valence-electron chi connectivity index (χ0n) is 6.12. The van der Waals surface area contributed by atoms with Crippen molar-refractivity contribution in [1.82, 2.24) is 0 Å². The van der Waals surface area contributed by atoms with Gasteiger partial charge in [0.15, 0.2) is 0 Å². The molecule has 1 fully saturated rings. The molecule has 0 amide bonds. The molecular formula is C6H14O3S. The molecule has 1 rings (SSSR count). The van der Waals surface area contributed by atoms with Crippen LogP contribution in [-0.4, -0.2) is 24.8 Å². The summed E-state index contributed by atoms with van der Waals surface area (Å²) in [4.78, 5) is 0. The average molecular weight is 166 g/mol. The van der Waals surface area contributed by atoms with Gasteiger partial charge in [-0.05, 0) is 12.8 Å². The Bertz CT molecular complexity index is 176. The Kier molecular flexibility index (Phi) is 1.66. The molecule has 2 N–H and O–H groups in total. The third-order valence-corrected chi connectivity index (χ3v) is 4.08. The van der Waals surface area contributed by atoms with Crippen molar-refractivity contribution in [1.29, 1.82) is 0 Å². The summed E-state index contributed by atoms with van der Waals surface area (Å²) in [5, 5.41) is -0.378. The Morgan fingerprint density at radius 1 is 1.30 bits per heavy atom. The highest BCUT2D eigenvalue weighted by atomic mass is 32.3. The maximum Gasteiger partial charge on any atom is 0.0826 e. The number of hydrogen-bond donors (Lipinski definition) is 2. The van der Waals surface area contributed by atoms with E-state index in [0.29, 0.717) is 12.8 Å². The van der Waals surface area contributed by atoms with E-state index in [0.717, 1.165) is 19.1 Å². The van der Waals surface area contributed by atoms with Crippen LogP contribution >= 0.6 is 0 Å². The van der Waals surface area contributed by atoms with Crippen molar-refractivity contribution >= 4 is 9.63 Å². The van der Waals surface area contributed by atoms with E-state index < -0.39 is 9.63 Å². The van der Waals surface area contributed by atoms with Gasteiger partial charge in [-0.2, -0.15) is 0 Å². The van der Waals surface area contributed by atoms with E-state index >= 15 is 0 Å². The van der Waals surface area contributed by atoms with E-state index in [1.54, 1.807) is 0 Å². The van der Waals surface area contributed by atoms with Gasteiger partial charge in [0.1, 0.15) is 0 Å². The summed E-state index contributed by atoms with van der Waals surface area (Å²) in [6, 6.07) is 0. The monoisotopic (exact) mass is 166 g/mol. The summed E-state index contributed by atoms with van der Waals surface area (Å²) < 4.78 is 29.3. The molecule has 0 atom stereocenters. The van der Waals surface area contributed by atoms with Crippen molar-refractivity contribution in [3.63, 3.8) is 0 Å². The summed E-state index contributed by atoms with van der Waals surface area (Å²) >= 11 is 0. The molecule has 0 aromatic rings. The van der Waals surface area contributed by atoms with Crippen molar-refractivity contribution in [2.45, 2.75) is 30.9 Å². The average Bonchev–Trinajstić information content (AvgIpc) is 2.04. The maximum absolute atomic E-state index is 11.1. The third-order valence-electron chi connectivity index (χ3n) is 2.07. The Labute approximate surface area is 60.9 Å². The molecule has 1 aliphatic rings. The van der Waals surface area contributed by atoms with Crippen molar-refractivity contribution < 1.29 is 13.3 Å². The number of hydrogen-bond acceptors (Lipinski definition) is 1. The highest BCUT2D eigenvalue weighted by Gasteiger charge is 2.36. The zero-order valence-corrected chi connectivity index (χ0v) is 6.93. The lowest BCUT2D eigenvalue weighted by molar-refractivity contribution is 0.382. The Balaban J connectivity index is 2.74. The smallest absolute Gasteiger partial charge is 0.0826 e. The van der Waals surface area contributed by atoms with Gasteiger partial charge in [0.05, 0.1) is 14.9 Å². The molecular weight excluding hydrogens is 152 g/mol. The third kappa shape index (κ3) is 1.78. The van der Waals surface area contributed by atoms with E-state index in [-0.39, 0.29) is 5.25 Å². The molecule has 0 saturated heterocycles. The minimum Gasteiger partial charge on any atom is -0.308 e. The fourth-order valence-corrected chi connectivity index (χ4v) is 2.85. The van der Waals surface area contributed by atoms with Gasteiger partial charge in [0.2, 0.25) is 0 Å². The molecule has 1 aliphatic carbocycles. The second kappa shape index (κ2) is 2.03. The van der Waals surface area contributed by atoms with Crippen molar-refractivity contribution in [3.05, 3.63) is 0 Å². The van der Waals surface area contributed by atoms with E-state index in [1.165, 1.54) is 0 Å². The van der Waals surface area contributed by atoms with Crippen LogP contribution in [0.15, 0.2) is 0 Å². The molecule has 1 saturated carbocycles. The van der Waals surface area contributed by atoms with Gasteiger partial charge in [0.25, 0.3) is 0 Å². The van der Waals surface area contributed by atoms with E-state index in [2.05, 4.69) is 0 Å². The molecule has 0 radical (unpaired) electrons.